The molecule has 36 heavy (non-hydrogen) atoms. The van der Waals surface area contributed by atoms with Gasteiger partial charge in [-0.05, 0) is 36.6 Å². The number of pyridine rings is 2. The quantitative estimate of drug-likeness (QED) is 0.361. The third-order valence-electron chi connectivity index (χ3n) is 6.41. The number of halogens is 5. The van der Waals surface area contributed by atoms with Crippen LogP contribution >= 0.6 is 0 Å². The van der Waals surface area contributed by atoms with Gasteiger partial charge in [-0.3, -0.25) is 4.40 Å². The summed E-state index contributed by atoms with van der Waals surface area (Å²) in [6, 6.07) is 6.09. The van der Waals surface area contributed by atoms with E-state index in [0.717, 1.165) is 0 Å². The van der Waals surface area contributed by atoms with Gasteiger partial charge in [-0.15, -0.1) is 0 Å². The summed E-state index contributed by atoms with van der Waals surface area (Å²) in [5, 5.41) is 9.30. The Balaban J connectivity index is 1.75. The van der Waals surface area contributed by atoms with Crippen molar-refractivity contribution in [2.24, 2.45) is 7.05 Å². The zero-order chi connectivity index (χ0) is 26.3. The van der Waals surface area contributed by atoms with Crippen LogP contribution < -0.4 is 0 Å². The second kappa shape index (κ2) is 7.45. The molecule has 4 aromatic rings. The molecular weight excluding hydrogens is 507 g/mol. The molecule has 0 amide bonds. The molecule has 0 aliphatic heterocycles. The first kappa shape index (κ1) is 24.1. The van der Waals surface area contributed by atoms with Crippen molar-refractivity contribution in [1.29, 1.82) is 5.26 Å². The number of imidazole rings is 2. The highest BCUT2D eigenvalue weighted by atomic mass is 32.2. The average molecular weight is 524 g/mol. The van der Waals surface area contributed by atoms with E-state index in [4.69, 9.17) is 0 Å². The lowest BCUT2D eigenvalue weighted by Gasteiger charge is -2.19. The molecule has 0 saturated heterocycles. The molecular formula is C22H17F5N6O2S. The van der Waals surface area contributed by atoms with Crippen molar-refractivity contribution in [3.63, 3.8) is 0 Å². The number of alkyl halides is 5. The molecule has 0 N–H and O–H groups in total. The summed E-state index contributed by atoms with van der Waals surface area (Å²) in [5.41, 5.74) is -1.57. The minimum Gasteiger partial charge on any atom is -0.310 e. The standard InChI is InChI=1S/C22H17F5N6O2S/c1-3-36(34,35)19-16(31-15-9-12(4-7-33(15)19)20(11-28)5-6-20)18-30-14-8-13(10-29-17(14)32(18)2)21(23,24)22(25,26)27/h4,7-10H,3,5-6H2,1-2H3. The first-order valence-electron chi connectivity index (χ1n) is 10.7. The predicted octanol–water partition coefficient (Wildman–Crippen LogP) is 4.29. The molecule has 0 bridgehead atoms. The van der Waals surface area contributed by atoms with E-state index in [9.17, 15) is 35.6 Å². The number of aryl methyl sites for hydroxylation is 1. The lowest BCUT2D eigenvalue weighted by Crippen LogP contribution is -2.33. The van der Waals surface area contributed by atoms with Crippen LogP contribution in [0.2, 0.25) is 0 Å². The van der Waals surface area contributed by atoms with Crippen LogP contribution in [0.1, 0.15) is 30.9 Å². The van der Waals surface area contributed by atoms with E-state index in [1.54, 1.807) is 12.1 Å². The SMILES string of the molecule is CCS(=O)(=O)c1c(-c2nc3cc(C(F)(F)C(F)(F)F)cnc3n2C)nc2cc(C3(C#N)CC3)ccn12. The highest BCUT2D eigenvalue weighted by molar-refractivity contribution is 7.91. The van der Waals surface area contributed by atoms with Gasteiger partial charge in [0.15, 0.2) is 26.3 Å². The van der Waals surface area contributed by atoms with Crippen molar-refractivity contribution < 1.29 is 30.4 Å². The third kappa shape index (κ3) is 3.36. The van der Waals surface area contributed by atoms with Crippen molar-refractivity contribution in [3.05, 3.63) is 41.7 Å². The number of nitriles is 1. The fourth-order valence-electron chi connectivity index (χ4n) is 4.11. The molecule has 0 unspecified atom stereocenters. The molecule has 188 valence electrons. The van der Waals surface area contributed by atoms with E-state index in [1.165, 1.54) is 29.1 Å². The largest absolute Gasteiger partial charge is 0.458 e. The van der Waals surface area contributed by atoms with Crippen LogP contribution in [0.3, 0.4) is 0 Å². The van der Waals surface area contributed by atoms with Crippen molar-refractivity contribution in [3.8, 4) is 17.6 Å². The van der Waals surface area contributed by atoms with Crippen LogP contribution in [0, 0.1) is 11.3 Å². The molecule has 4 heterocycles. The predicted molar refractivity (Wildman–Crippen MR) is 117 cm³/mol. The summed E-state index contributed by atoms with van der Waals surface area (Å²) in [7, 11) is -2.49. The number of aromatic nitrogens is 5. The number of fused-ring (bicyclic) bond motifs is 2. The second-order valence-corrected chi connectivity index (χ2v) is 10.8. The van der Waals surface area contributed by atoms with E-state index in [-0.39, 0.29) is 39.1 Å². The molecule has 14 heteroatoms. The minimum atomic E-state index is -5.83. The fourth-order valence-corrected chi connectivity index (χ4v) is 5.27. The Kier molecular flexibility index (Phi) is 4.99. The molecule has 1 aliphatic carbocycles. The van der Waals surface area contributed by atoms with Gasteiger partial charge in [0.2, 0.25) is 0 Å². The van der Waals surface area contributed by atoms with Gasteiger partial charge in [0.25, 0.3) is 0 Å². The molecule has 0 radical (unpaired) electrons. The van der Waals surface area contributed by atoms with Gasteiger partial charge in [0.1, 0.15) is 16.9 Å². The van der Waals surface area contributed by atoms with Crippen molar-refractivity contribution >= 4 is 26.6 Å². The summed E-state index contributed by atoms with van der Waals surface area (Å²) in [4.78, 5) is 12.3. The summed E-state index contributed by atoms with van der Waals surface area (Å²) >= 11 is 0. The highest BCUT2D eigenvalue weighted by Crippen LogP contribution is 2.48. The van der Waals surface area contributed by atoms with E-state index in [0.29, 0.717) is 30.7 Å². The molecule has 1 fully saturated rings. The van der Waals surface area contributed by atoms with E-state index in [1.807, 2.05) is 0 Å². The molecule has 0 atom stereocenters. The van der Waals surface area contributed by atoms with Gasteiger partial charge in [0.05, 0.1) is 22.8 Å². The summed E-state index contributed by atoms with van der Waals surface area (Å²) in [6.45, 7) is 1.43. The number of hydrogen-bond donors (Lipinski definition) is 0. The van der Waals surface area contributed by atoms with Gasteiger partial charge in [-0.2, -0.15) is 27.2 Å². The smallest absolute Gasteiger partial charge is 0.310 e. The Hall–Kier alpha value is -3.60. The zero-order valence-electron chi connectivity index (χ0n) is 18.8. The number of nitrogens with zero attached hydrogens (tertiary/aromatic N) is 6. The highest BCUT2D eigenvalue weighted by Gasteiger charge is 2.59. The van der Waals surface area contributed by atoms with Crippen molar-refractivity contribution in [1.82, 2.24) is 23.9 Å². The average Bonchev–Trinajstić information content (AvgIpc) is 3.43. The Labute approximate surface area is 200 Å². The first-order chi connectivity index (χ1) is 16.8. The second-order valence-electron chi connectivity index (χ2n) is 8.64. The van der Waals surface area contributed by atoms with Gasteiger partial charge < -0.3 is 4.57 Å². The maximum absolute atomic E-state index is 13.9. The van der Waals surface area contributed by atoms with Crippen LogP contribution in [0.5, 0.6) is 0 Å². The van der Waals surface area contributed by atoms with Crippen molar-refractivity contribution in [2.75, 3.05) is 5.75 Å². The van der Waals surface area contributed by atoms with Crippen LogP contribution in [-0.4, -0.2) is 44.3 Å². The molecule has 1 saturated carbocycles. The minimum absolute atomic E-state index is 0.0364. The number of hydrogen-bond acceptors (Lipinski definition) is 6. The van der Waals surface area contributed by atoms with E-state index in [2.05, 4.69) is 21.0 Å². The van der Waals surface area contributed by atoms with Crippen LogP contribution in [0.15, 0.2) is 35.6 Å². The normalized spacial score (nSPS) is 15.9. The number of sulfone groups is 1. The van der Waals surface area contributed by atoms with Gasteiger partial charge >= 0.3 is 12.1 Å². The fraction of sp³-hybridized carbons (Fsp3) is 0.364. The number of rotatable bonds is 5. The maximum atomic E-state index is 13.9. The third-order valence-corrected chi connectivity index (χ3v) is 8.15. The van der Waals surface area contributed by atoms with Gasteiger partial charge in [-0.1, -0.05) is 6.92 Å². The molecule has 4 aromatic heterocycles. The van der Waals surface area contributed by atoms with Crippen LogP contribution in [0.4, 0.5) is 22.0 Å². The Morgan fingerprint density at radius 2 is 1.86 bits per heavy atom. The molecule has 5 rings (SSSR count). The topological polar surface area (TPSA) is 106 Å². The van der Waals surface area contributed by atoms with Crippen LogP contribution in [0.25, 0.3) is 28.3 Å². The Morgan fingerprint density at radius 1 is 1.17 bits per heavy atom. The Morgan fingerprint density at radius 3 is 2.44 bits per heavy atom. The molecule has 0 aromatic carbocycles. The van der Waals surface area contributed by atoms with Gasteiger partial charge in [-0.25, -0.2) is 23.4 Å². The maximum Gasteiger partial charge on any atom is 0.458 e. The molecule has 1 aliphatic rings. The Bertz CT molecular complexity index is 1690. The zero-order valence-corrected chi connectivity index (χ0v) is 19.6. The summed E-state index contributed by atoms with van der Waals surface area (Å²) < 4.78 is 95.0. The van der Waals surface area contributed by atoms with Crippen LogP contribution in [-0.2, 0) is 28.2 Å². The lowest BCUT2D eigenvalue weighted by atomic mass is 9.99. The van der Waals surface area contributed by atoms with E-state index < -0.39 is 32.9 Å². The van der Waals surface area contributed by atoms with Crippen molar-refractivity contribution in [2.45, 2.75) is 42.3 Å². The summed E-state index contributed by atoms with van der Waals surface area (Å²) in [6.07, 6.45) is -2.60. The lowest BCUT2D eigenvalue weighted by molar-refractivity contribution is -0.289. The van der Waals surface area contributed by atoms with E-state index >= 15 is 0 Å². The first-order valence-corrected chi connectivity index (χ1v) is 12.4. The molecule has 0 spiro atoms. The monoisotopic (exact) mass is 524 g/mol. The summed E-state index contributed by atoms with van der Waals surface area (Å²) in [5.74, 6) is -5.52. The van der Waals surface area contributed by atoms with Gasteiger partial charge in [0, 0.05) is 19.4 Å². The molecule has 8 nitrogen and oxygen atoms in total.